The van der Waals surface area contributed by atoms with E-state index in [4.69, 9.17) is 18.0 Å². The van der Waals surface area contributed by atoms with Gasteiger partial charge in [-0.1, -0.05) is 25.2 Å². The number of nitrogens with zero attached hydrogens (tertiary/aromatic N) is 1. The largest absolute Gasteiger partial charge is 0.389 e. The van der Waals surface area contributed by atoms with Crippen molar-refractivity contribution in [1.82, 2.24) is 0 Å². The summed E-state index contributed by atoms with van der Waals surface area (Å²) < 4.78 is 0. The number of anilines is 1. The molecule has 2 nitrogen and oxygen atoms in total. The molecule has 0 amide bonds. The van der Waals surface area contributed by atoms with Gasteiger partial charge in [0.25, 0.3) is 0 Å². The first-order chi connectivity index (χ1) is 9.13. The zero-order chi connectivity index (χ0) is 13.8. The Morgan fingerprint density at radius 3 is 2.84 bits per heavy atom. The number of nitrogens with two attached hydrogens (primary N) is 1. The smallest absolute Gasteiger partial charge is 0.107 e. The maximum absolute atomic E-state index is 5.96. The Morgan fingerprint density at radius 2 is 2.16 bits per heavy atom. The molecule has 1 aliphatic rings. The summed E-state index contributed by atoms with van der Waals surface area (Å²) in [6.07, 6.45) is 5.90. The second kappa shape index (κ2) is 6.62. The van der Waals surface area contributed by atoms with Crippen LogP contribution in [0.2, 0.25) is 0 Å². The Kier molecular flexibility index (Phi) is 5.11. The van der Waals surface area contributed by atoms with E-state index in [-0.39, 0.29) is 0 Å². The molecule has 4 heteroatoms. The van der Waals surface area contributed by atoms with Crippen LogP contribution in [0.1, 0.15) is 31.7 Å². The molecule has 2 rings (SSSR count). The van der Waals surface area contributed by atoms with Crippen molar-refractivity contribution in [2.45, 2.75) is 31.1 Å². The molecule has 0 aliphatic carbocycles. The van der Waals surface area contributed by atoms with E-state index >= 15 is 0 Å². The Labute approximate surface area is 125 Å². The van der Waals surface area contributed by atoms with Gasteiger partial charge in [0.2, 0.25) is 0 Å². The van der Waals surface area contributed by atoms with E-state index in [1.165, 1.54) is 29.8 Å². The van der Waals surface area contributed by atoms with E-state index in [0.717, 1.165) is 24.6 Å². The average molecular weight is 294 g/mol. The van der Waals surface area contributed by atoms with Gasteiger partial charge in [0, 0.05) is 29.2 Å². The fourth-order valence-corrected chi connectivity index (χ4v) is 3.62. The highest BCUT2D eigenvalue weighted by molar-refractivity contribution is 7.98. The maximum Gasteiger partial charge on any atom is 0.107 e. The molecule has 0 bridgehead atoms. The monoisotopic (exact) mass is 294 g/mol. The van der Waals surface area contributed by atoms with Crippen molar-refractivity contribution < 1.29 is 0 Å². The predicted molar refractivity (Wildman–Crippen MR) is 89.3 cm³/mol. The van der Waals surface area contributed by atoms with Gasteiger partial charge in [0.1, 0.15) is 4.99 Å². The van der Waals surface area contributed by atoms with Gasteiger partial charge in [-0.2, -0.15) is 0 Å². The second-order valence-corrected chi connectivity index (χ2v) is 6.53. The van der Waals surface area contributed by atoms with E-state index in [9.17, 15) is 0 Å². The molecule has 0 saturated carbocycles. The highest BCUT2D eigenvalue weighted by atomic mass is 32.2. The van der Waals surface area contributed by atoms with Crippen molar-refractivity contribution in [2.24, 2.45) is 11.7 Å². The van der Waals surface area contributed by atoms with Gasteiger partial charge in [0.15, 0.2) is 0 Å². The minimum Gasteiger partial charge on any atom is -0.389 e. The standard InChI is InChI=1S/C15H22N2S2/c1-11-5-4-9-17(10-8-11)12-6-3-7-13(19-2)14(12)15(16)18/h3,6-7,11H,4-5,8-10H2,1-2H3,(H2,16,18). The molecule has 1 aromatic rings. The summed E-state index contributed by atoms with van der Waals surface area (Å²) in [5, 5.41) is 0. The normalized spacial score (nSPS) is 20.1. The number of thioether (sulfide) groups is 1. The summed E-state index contributed by atoms with van der Waals surface area (Å²) in [7, 11) is 0. The van der Waals surface area contributed by atoms with Crippen molar-refractivity contribution in [1.29, 1.82) is 0 Å². The first-order valence-corrected chi connectivity index (χ1v) is 8.48. The highest BCUT2D eigenvalue weighted by Gasteiger charge is 2.19. The number of hydrogen-bond donors (Lipinski definition) is 1. The molecule has 1 unspecified atom stereocenters. The number of benzene rings is 1. The van der Waals surface area contributed by atoms with Gasteiger partial charge in [-0.25, -0.2) is 0 Å². The summed E-state index contributed by atoms with van der Waals surface area (Å²) in [6.45, 7) is 4.56. The lowest BCUT2D eigenvalue weighted by molar-refractivity contribution is 0.521. The van der Waals surface area contributed by atoms with Crippen LogP contribution in [0.4, 0.5) is 5.69 Å². The zero-order valence-corrected chi connectivity index (χ0v) is 13.3. The maximum atomic E-state index is 5.96. The van der Waals surface area contributed by atoms with Crippen LogP contribution in [0.15, 0.2) is 23.1 Å². The lowest BCUT2D eigenvalue weighted by Crippen LogP contribution is -2.27. The summed E-state index contributed by atoms with van der Waals surface area (Å²) >= 11 is 6.98. The third kappa shape index (κ3) is 3.42. The number of thiocarbonyl (C=S) groups is 1. The molecule has 0 spiro atoms. The van der Waals surface area contributed by atoms with E-state index in [1.54, 1.807) is 11.8 Å². The predicted octanol–water partition coefficient (Wildman–Crippen LogP) is 3.67. The number of hydrogen-bond acceptors (Lipinski definition) is 3. The fraction of sp³-hybridized carbons (Fsp3) is 0.533. The Balaban J connectivity index is 2.35. The van der Waals surface area contributed by atoms with Crippen molar-refractivity contribution in [3.63, 3.8) is 0 Å². The van der Waals surface area contributed by atoms with Crippen LogP contribution in [-0.4, -0.2) is 24.3 Å². The third-order valence-corrected chi connectivity index (χ3v) is 4.81. The molecular formula is C15H22N2S2. The Morgan fingerprint density at radius 1 is 1.37 bits per heavy atom. The van der Waals surface area contributed by atoms with Gasteiger partial charge < -0.3 is 10.6 Å². The summed E-state index contributed by atoms with van der Waals surface area (Å²) in [6, 6.07) is 6.37. The van der Waals surface area contributed by atoms with Crippen LogP contribution in [0.3, 0.4) is 0 Å². The van der Waals surface area contributed by atoms with Gasteiger partial charge in [-0.3, -0.25) is 0 Å². The van der Waals surface area contributed by atoms with Crippen molar-refractivity contribution in [2.75, 3.05) is 24.2 Å². The molecule has 104 valence electrons. The molecule has 1 aliphatic heterocycles. The molecule has 1 heterocycles. The molecule has 1 aromatic carbocycles. The quantitative estimate of drug-likeness (QED) is 0.680. The Bertz CT molecular complexity index is 459. The van der Waals surface area contributed by atoms with Crippen molar-refractivity contribution in [3.8, 4) is 0 Å². The molecule has 1 saturated heterocycles. The van der Waals surface area contributed by atoms with Crippen LogP contribution in [0.5, 0.6) is 0 Å². The minimum atomic E-state index is 0.511. The van der Waals surface area contributed by atoms with Crippen LogP contribution in [0, 0.1) is 5.92 Å². The van der Waals surface area contributed by atoms with Crippen LogP contribution in [-0.2, 0) is 0 Å². The SMILES string of the molecule is CSc1cccc(N2CCCC(C)CC2)c1C(N)=S. The molecule has 19 heavy (non-hydrogen) atoms. The summed E-state index contributed by atoms with van der Waals surface area (Å²) in [5.41, 5.74) is 8.23. The lowest BCUT2D eigenvalue weighted by Gasteiger charge is -2.26. The van der Waals surface area contributed by atoms with Crippen LogP contribution >= 0.6 is 24.0 Å². The van der Waals surface area contributed by atoms with E-state index < -0.39 is 0 Å². The van der Waals surface area contributed by atoms with Crippen molar-refractivity contribution >= 4 is 34.7 Å². The van der Waals surface area contributed by atoms with Crippen molar-refractivity contribution in [3.05, 3.63) is 23.8 Å². The van der Waals surface area contributed by atoms with Gasteiger partial charge in [0.05, 0.1) is 0 Å². The summed E-state index contributed by atoms with van der Waals surface area (Å²) in [5.74, 6) is 0.821. The number of rotatable bonds is 3. The van der Waals surface area contributed by atoms with Gasteiger partial charge in [-0.15, -0.1) is 11.8 Å². The van der Waals surface area contributed by atoms with E-state index in [1.807, 2.05) is 0 Å². The van der Waals surface area contributed by atoms with Crippen LogP contribution in [0.25, 0.3) is 0 Å². The molecular weight excluding hydrogens is 272 g/mol. The summed E-state index contributed by atoms with van der Waals surface area (Å²) in [4.78, 5) is 4.15. The Hall–Kier alpha value is -0.740. The molecule has 0 aromatic heterocycles. The van der Waals surface area contributed by atoms with Gasteiger partial charge in [-0.05, 0) is 43.6 Å². The first kappa shape index (κ1) is 14.7. The third-order valence-electron chi connectivity index (χ3n) is 3.83. The molecule has 1 fully saturated rings. The van der Waals surface area contributed by atoms with Gasteiger partial charge >= 0.3 is 0 Å². The highest BCUT2D eigenvalue weighted by Crippen LogP contribution is 2.31. The second-order valence-electron chi connectivity index (χ2n) is 5.24. The lowest BCUT2D eigenvalue weighted by atomic mass is 10.0. The zero-order valence-electron chi connectivity index (χ0n) is 11.7. The van der Waals surface area contributed by atoms with E-state index in [2.05, 4.69) is 36.3 Å². The molecule has 0 radical (unpaired) electrons. The average Bonchev–Trinajstić information content (AvgIpc) is 2.62. The van der Waals surface area contributed by atoms with Crippen LogP contribution < -0.4 is 10.6 Å². The fourth-order valence-electron chi connectivity index (χ4n) is 2.70. The topological polar surface area (TPSA) is 29.3 Å². The molecule has 1 atom stereocenters. The van der Waals surface area contributed by atoms with E-state index in [0.29, 0.717) is 4.99 Å². The first-order valence-electron chi connectivity index (χ1n) is 6.85. The molecule has 2 N–H and O–H groups in total. The minimum absolute atomic E-state index is 0.511.